The van der Waals surface area contributed by atoms with Crippen LogP contribution in [-0.4, -0.2) is 19.8 Å². The summed E-state index contributed by atoms with van der Waals surface area (Å²) in [5, 5.41) is 4.27. The molecule has 1 aromatic rings. The molecular weight excluding hydrogens is 250 g/mol. The van der Waals surface area contributed by atoms with E-state index in [9.17, 15) is 0 Å². The number of aryl methyl sites for hydroxylation is 1. The number of benzene rings is 1. The molecule has 0 spiro atoms. The van der Waals surface area contributed by atoms with Gasteiger partial charge in [-0.05, 0) is 43.5 Å². The lowest BCUT2D eigenvalue weighted by molar-refractivity contribution is 0.171. The van der Waals surface area contributed by atoms with Gasteiger partial charge in [-0.15, -0.1) is 0 Å². The fourth-order valence-corrected chi connectivity index (χ4v) is 3.24. The van der Waals surface area contributed by atoms with Crippen LogP contribution in [0.1, 0.15) is 36.4 Å². The highest BCUT2D eigenvalue weighted by molar-refractivity contribution is 6.33. The van der Waals surface area contributed by atoms with Crippen molar-refractivity contribution in [3.8, 4) is 11.5 Å². The maximum Gasteiger partial charge on any atom is 0.180 e. The molecule has 2 aliphatic heterocycles. The van der Waals surface area contributed by atoms with E-state index in [0.717, 1.165) is 29.5 Å². The average Bonchev–Trinajstić information content (AvgIpc) is 2.40. The molecular formula is C14H18ClNO2. The van der Waals surface area contributed by atoms with Gasteiger partial charge in [-0.1, -0.05) is 18.0 Å². The van der Waals surface area contributed by atoms with E-state index in [1.807, 2.05) is 6.07 Å². The van der Waals surface area contributed by atoms with E-state index < -0.39 is 0 Å². The second-order valence-electron chi connectivity index (χ2n) is 4.95. The third-order valence-corrected chi connectivity index (χ3v) is 4.05. The fraction of sp³-hybridized carbons (Fsp3) is 0.571. The Balaban J connectivity index is 2.02. The molecule has 2 heterocycles. The van der Waals surface area contributed by atoms with Crippen LogP contribution in [0.2, 0.25) is 5.02 Å². The topological polar surface area (TPSA) is 30.5 Å². The third-order valence-electron chi connectivity index (χ3n) is 3.68. The normalized spacial score (nSPS) is 22.9. The summed E-state index contributed by atoms with van der Waals surface area (Å²) in [6.07, 6.45) is 3.64. The molecule has 98 valence electrons. The summed E-state index contributed by atoms with van der Waals surface area (Å²) in [5.74, 6) is 1.50. The Morgan fingerprint density at radius 1 is 1.28 bits per heavy atom. The molecule has 2 aliphatic rings. The molecule has 0 bridgehead atoms. The SMILES string of the molecule is Cc1cc2c(c(Cl)c1C1CCCCN1)OCCO2. The number of rotatable bonds is 1. The van der Waals surface area contributed by atoms with Crippen molar-refractivity contribution in [2.45, 2.75) is 32.2 Å². The zero-order valence-corrected chi connectivity index (χ0v) is 11.3. The summed E-state index contributed by atoms with van der Waals surface area (Å²) in [6, 6.07) is 2.40. The van der Waals surface area contributed by atoms with Crippen LogP contribution in [0.3, 0.4) is 0 Å². The number of hydrogen-bond acceptors (Lipinski definition) is 3. The summed E-state index contributed by atoms with van der Waals surface area (Å²) in [4.78, 5) is 0. The Kier molecular flexibility index (Phi) is 3.35. The van der Waals surface area contributed by atoms with E-state index in [0.29, 0.717) is 19.3 Å². The van der Waals surface area contributed by atoms with Gasteiger partial charge in [0, 0.05) is 6.04 Å². The van der Waals surface area contributed by atoms with E-state index in [1.54, 1.807) is 0 Å². The Morgan fingerprint density at radius 2 is 2.11 bits per heavy atom. The van der Waals surface area contributed by atoms with E-state index in [1.165, 1.54) is 24.0 Å². The molecule has 0 aliphatic carbocycles. The lowest BCUT2D eigenvalue weighted by atomic mass is 9.93. The Bertz CT molecular complexity index is 456. The number of ether oxygens (including phenoxy) is 2. The minimum atomic E-state index is 0.349. The number of fused-ring (bicyclic) bond motifs is 1. The quantitative estimate of drug-likeness (QED) is 0.847. The van der Waals surface area contributed by atoms with Crippen LogP contribution in [0.5, 0.6) is 11.5 Å². The summed E-state index contributed by atoms with van der Waals surface area (Å²) >= 11 is 6.52. The molecule has 3 rings (SSSR count). The van der Waals surface area contributed by atoms with Crippen molar-refractivity contribution in [2.75, 3.05) is 19.8 Å². The first-order valence-corrected chi connectivity index (χ1v) is 6.97. The van der Waals surface area contributed by atoms with Crippen molar-refractivity contribution in [3.63, 3.8) is 0 Å². The molecule has 1 unspecified atom stereocenters. The predicted molar refractivity (Wildman–Crippen MR) is 71.8 cm³/mol. The number of halogens is 1. The van der Waals surface area contributed by atoms with Crippen molar-refractivity contribution >= 4 is 11.6 Å². The maximum absolute atomic E-state index is 6.52. The van der Waals surface area contributed by atoms with Gasteiger partial charge in [-0.25, -0.2) is 0 Å². The van der Waals surface area contributed by atoms with Gasteiger partial charge in [-0.2, -0.15) is 0 Å². The smallest absolute Gasteiger partial charge is 0.180 e. The zero-order chi connectivity index (χ0) is 12.5. The first kappa shape index (κ1) is 12.1. The van der Waals surface area contributed by atoms with Crippen LogP contribution in [0.25, 0.3) is 0 Å². The first-order valence-electron chi connectivity index (χ1n) is 6.59. The molecule has 0 radical (unpaired) electrons. The molecule has 1 aromatic carbocycles. The van der Waals surface area contributed by atoms with E-state index in [4.69, 9.17) is 21.1 Å². The van der Waals surface area contributed by atoms with E-state index in [2.05, 4.69) is 12.2 Å². The highest BCUT2D eigenvalue weighted by Crippen LogP contribution is 2.44. The van der Waals surface area contributed by atoms with Gasteiger partial charge in [0.1, 0.15) is 13.2 Å². The monoisotopic (exact) mass is 267 g/mol. The maximum atomic E-state index is 6.52. The highest BCUT2D eigenvalue weighted by Gasteiger charge is 2.25. The van der Waals surface area contributed by atoms with Gasteiger partial charge < -0.3 is 14.8 Å². The number of hydrogen-bond donors (Lipinski definition) is 1. The molecule has 1 N–H and O–H groups in total. The first-order chi connectivity index (χ1) is 8.77. The summed E-state index contributed by atoms with van der Waals surface area (Å²) < 4.78 is 11.3. The van der Waals surface area contributed by atoms with Crippen LogP contribution in [0.4, 0.5) is 0 Å². The van der Waals surface area contributed by atoms with Crippen molar-refractivity contribution in [1.82, 2.24) is 5.32 Å². The van der Waals surface area contributed by atoms with Gasteiger partial charge in [0.15, 0.2) is 11.5 Å². The van der Waals surface area contributed by atoms with Crippen LogP contribution in [0, 0.1) is 6.92 Å². The third kappa shape index (κ3) is 2.06. The van der Waals surface area contributed by atoms with Gasteiger partial charge in [0.2, 0.25) is 0 Å². The summed E-state index contributed by atoms with van der Waals surface area (Å²) in [7, 11) is 0. The molecule has 4 heteroatoms. The standard InChI is InChI=1S/C14H18ClNO2/c1-9-8-11-14(18-7-6-17-11)13(15)12(9)10-4-2-3-5-16-10/h8,10,16H,2-7H2,1H3. The van der Waals surface area contributed by atoms with Crippen LogP contribution in [0.15, 0.2) is 6.07 Å². The summed E-state index contributed by atoms with van der Waals surface area (Å²) in [5.41, 5.74) is 2.37. The highest BCUT2D eigenvalue weighted by atomic mass is 35.5. The molecule has 0 saturated carbocycles. The molecule has 1 atom stereocenters. The number of nitrogens with one attached hydrogen (secondary N) is 1. The van der Waals surface area contributed by atoms with Crippen LogP contribution in [-0.2, 0) is 0 Å². The Hall–Kier alpha value is -0.930. The van der Waals surface area contributed by atoms with Crippen molar-refractivity contribution in [2.24, 2.45) is 0 Å². The van der Waals surface area contributed by atoms with Crippen molar-refractivity contribution in [1.29, 1.82) is 0 Å². The minimum absolute atomic E-state index is 0.349. The minimum Gasteiger partial charge on any atom is -0.486 e. The van der Waals surface area contributed by atoms with E-state index >= 15 is 0 Å². The molecule has 1 fully saturated rings. The molecule has 0 amide bonds. The van der Waals surface area contributed by atoms with Crippen LogP contribution < -0.4 is 14.8 Å². The van der Waals surface area contributed by atoms with Crippen LogP contribution >= 0.6 is 11.6 Å². The van der Waals surface area contributed by atoms with E-state index in [-0.39, 0.29) is 0 Å². The number of piperidine rings is 1. The molecule has 1 saturated heterocycles. The average molecular weight is 268 g/mol. The van der Waals surface area contributed by atoms with Gasteiger partial charge in [0.25, 0.3) is 0 Å². The second-order valence-corrected chi connectivity index (χ2v) is 5.33. The van der Waals surface area contributed by atoms with Crippen molar-refractivity contribution in [3.05, 3.63) is 22.2 Å². The lowest BCUT2D eigenvalue weighted by Gasteiger charge is -2.29. The Morgan fingerprint density at radius 3 is 2.89 bits per heavy atom. The van der Waals surface area contributed by atoms with Gasteiger partial charge in [0.05, 0.1) is 5.02 Å². The zero-order valence-electron chi connectivity index (χ0n) is 10.6. The summed E-state index contributed by atoms with van der Waals surface area (Å²) in [6.45, 7) is 4.34. The van der Waals surface area contributed by atoms with Gasteiger partial charge >= 0.3 is 0 Å². The van der Waals surface area contributed by atoms with Gasteiger partial charge in [-0.3, -0.25) is 0 Å². The molecule has 18 heavy (non-hydrogen) atoms. The van der Waals surface area contributed by atoms with Crippen molar-refractivity contribution < 1.29 is 9.47 Å². The second kappa shape index (κ2) is 4.98. The Labute approximate surface area is 112 Å². The fourth-order valence-electron chi connectivity index (χ4n) is 2.81. The molecule has 0 aromatic heterocycles. The lowest BCUT2D eigenvalue weighted by Crippen LogP contribution is -2.28. The largest absolute Gasteiger partial charge is 0.486 e. The molecule has 3 nitrogen and oxygen atoms in total. The predicted octanol–water partition coefficient (Wildman–Crippen LogP) is 3.23.